The normalized spacial score (nSPS) is 23.4. The van der Waals surface area contributed by atoms with Crippen LogP contribution in [0.25, 0.3) is 10.9 Å². The number of hydrogen-bond donors (Lipinski definition) is 2. The third-order valence-electron chi connectivity index (χ3n) is 7.64. The molecule has 6 heteroatoms. The van der Waals surface area contributed by atoms with Crippen molar-refractivity contribution in [1.82, 2.24) is 10.1 Å². The van der Waals surface area contributed by atoms with Crippen LogP contribution in [-0.4, -0.2) is 59.1 Å². The molecule has 170 valence electrons. The highest BCUT2D eigenvalue weighted by atomic mass is 16.5. The molecule has 2 aliphatic rings. The number of rotatable bonds is 4. The molecule has 5 rings (SSSR count). The number of piperazine rings is 1. The summed E-state index contributed by atoms with van der Waals surface area (Å²) in [5, 5.41) is 27.1. The average Bonchev–Trinajstić information content (AvgIpc) is 3.27. The smallest absolute Gasteiger partial charge is 0.235 e. The summed E-state index contributed by atoms with van der Waals surface area (Å²) in [5.74, 6) is 0.836. The number of aliphatic hydroxyl groups is 2. The Bertz CT molecular complexity index is 1130. The molecular formula is C26H33N3O3. The van der Waals surface area contributed by atoms with E-state index in [0.29, 0.717) is 6.54 Å². The molecule has 2 heterocycles. The van der Waals surface area contributed by atoms with E-state index in [1.807, 2.05) is 30.3 Å². The van der Waals surface area contributed by atoms with Gasteiger partial charge in [0.15, 0.2) is 0 Å². The van der Waals surface area contributed by atoms with Gasteiger partial charge < -0.3 is 19.6 Å². The first-order chi connectivity index (χ1) is 15.2. The van der Waals surface area contributed by atoms with Crippen molar-refractivity contribution in [3.8, 4) is 0 Å². The summed E-state index contributed by atoms with van der Waals surface area (Å²) < 4.78 is 5.62. The van der Waals surface area contributed by atoms with Crippen molar-refractivity contribution in [3.05, 3.63) is 59.2 Å². The van der Waals surface area contributed by atoms with E-state index in [0.717, 1.165) is 54.1 Å². The van der Waals surface area contributed by atoms with Crippen molar-refractivity contribution in [3.63, 3.8) is 0 Å². The highest BCUT2D eigenvalue weighted by Gasteiger charge is 2.50. The lowest BCUT2D eigenvalue weighted by atomic mass is 9.78. The van der Waals surface area contributed by atoms with Crippen molar-refractivity contribution >= 4 is 16.8 Å². The van der Waals surface area contributed by atoms with Crippen molar-refractivity contribution in [1.29, 1.82) is 0 Å². The number of nitrogens with zero attached hydrogens (tertiary/aromatic N) is 3. The molecule has 1 aromatic heterocycles. The van der Waals surface area contributed by atoms with Crippen LogP contribution in [0.2, 0.25) is 0 Å². The number of aliphatic hydroxyl groups excluding tert-OH is 2. The molecular weight excluding hydrogens is 402 g/mol. The highest BCUT2D eigenvalue weighted by Crippen LogP contribution is 2.50. The summed E-state index contributed by atoms with van der Waals surface area (Å²) in [5.41, 5.74) is 3.51. The van der Waals surface area contributed by atoms with Crippen LogP contribution in [0.5, 0.6) is 0 Å². The zero-order valence-corrected chi connectivity index (χ0v) is 19.4. The predicted octanol–water partition coefficient (Wildman–Crippen LogP) is 3.61. The van der Waals surface area contributed by atoms with Crippen LogP contribution < -0.4 is 4.90 Å². The fourth-order valence-electron chi connectivity index (χ4n) is 5.65. The summed E-state index contributed by atoms with van der Waals surface area (Å²) >= 11 is 0. The van der Waals surface area contributed by atoms with Gasteiger partial charge in [-0.15, -0.1) is 0 Å². The summed E-state index contributed by atoms with van der Waals surface area (Å²) in [6, 6.07) is 14.2. The Morgan fingerprint density at radius 1 is 1.00 bits per heavy atom. The Morgan fingerprint density at radius 3 is 2.44 bits per heavy atom. The molecule has 2 N–H and O–H groups in total. The van der Waals surface area contributed by atoms with Gasteiger partial charge in [-0.3, -0.25) is 4.90 Å². The summed E-state index contributed by atoms with van der Waals surface area (Å²) in [6.07, 6.45) is -1.01. The van der Waals surface area contributed by atoms with Gasteiger partial charge in [0.25, 0.3) is 0 Å². The Balaban J connectivity index is 1.26. The first-order valence-corrected chi connectivity index (χ1v) is 11.5. The molecule has 0 spiro atoms. The Labute approximate surface area is 189 Å². The number of anilines is 1. The van der Waals surface area contributed by atoms with Gasteiger partial charge in [0, 0.05) is 43.6 Å². The minimum Gasteiger partial charge on any atom is -0.391 e. The molecule has 3 aromatic rings. The lowest BCUT2D eigenvalue weighted by molar-refractivity contribution is 0.0566. The molecule has 0 saturated carbocycles. The van der Waals surface area contributed by atoms with Gasteiger partial charge in [0.2, 0.25) is 5.88 Å². The number of benzene rings is 2. The van der Waals surface area contributed by atoms with Crippen LogP contribution in [0.1, 0.15) is 50.5 Å². The van der Waals surface area contributed by atoms with Crippen molar-refractivity contribution in [2.75, 3.05) is 37.6 Å². The number of β-amino-alcohol motifs (C(OH)–C–C–N with tert-alkyl or cyclic N) is 1. The second-order valence-corrected chi connectivity index (χ2v) is 10.5. The van der Waals surface area contributed by atoms with E-state index >= 15 is 0 Å². The van der Waals surface area contributed by atoms with Crippen LogP contribution >= 0.6 is 0 Å². The Hall–Kier alpha value is -2.41. The minimum absolute atomic E-state index is 0.288. The van der Waals surface area contributed by atoms with Gasteiger partial charge in [-0.05, 0) is 28.8 Å². The number of hydrogen-bond acceptors (Lipinski definition) is 6. The summed E-state index contributed by atoms with van der Waals surface area (Å²) in [4.78, 5) is 4.54. The average molecular weight is 436 g/mol. The summed E-state index contributed by atoms with van der Waals surface area (Å²) in [6.45, 7) is 12.4. The molecule has 0 bridgehead atoms. The second kappa shape index (κ2) is 7.58. The molecule has 32 heavy (non-hydrogen) atoms. The van der Waals surface area contributed by atoms with E-state index in [9.17, 15) is 10.2 Å². The molecule has 0 radical (unpaired) electrons. The maximum absolute atomic E-state index is 11.0. The van der Waals surface area contributed by atoms with Crippen LogP contribution in [0.4, 0.5) is 5.88 Å². The van der Waals surface area contributed by atoms with Gasteiger partial charge in [-0.25, -0.2) is 0 Å². The predicted molar refractivity (Wildman–Crippen MR) is 126 cm³/mol. The maximum atomic E-state index is 11.0. The van der Waals surface area contributed by atoms with Gasteiger partial charge in [0.05, 0.1) is 17.6 Å². The van der Waals surface area contributed by atoms with E-state index in [2.05, 4.69) is 54.8 Å². The lowest BCUT2D eigenvalue weighted by Gasteiger charge is -2.35. The van der Waals surface area contributed by atoms with Crippen molar-refractivity contribution < 1.29 is 14.7 Å². The third kappa shape index (κ3) is 3.33. The zero-order valence-electron chi connectivity index (χ0n) is 19.4. The number of aromatic nitrogens is 1. The molecule has 0 amide bonds. The van der Waals surface area contributed by atoms with Crippen molar-refractivity contribution in [2.45, 2.75) is 50.7 Å². The molecule has 1 fully saturated rings. The maximum Gasteiger partial charge on any atom is 0.235 e. The topological polar surface area (TPSA) is 73.0 Å². The first-order valence-electron chi connectivity index (χ1n) is 11.5. The molecule has 2 atom stereocenters. The van der Waals surface area contributed by atoms with Gasteiger partial charge in [0.1, 0.15) is 5.52 Å². The quantitative estimate of drug-likeness (QED) is 0.652. The standard InChI is InChI=1S/C26H33N3O3/c1-25(2)19-10-9-17(15-20(19)26(3,4)24(25)31)22(30)16-28-11-13-29(14-12-28)23-18-7-5-6-8-21(18)27-32-23/h5-10,15,22,24,30-31H,11-14,16H2,1-4H3. The van der Waals surface area contributed by atoms with E-state index < -0.39 is 12.2 Å². The minimum atomic E-state index is -0.561. The molecule has 1 aliphatic heterocycles. The molecule has 1 saturated heterocycles. The Kier molecular flexibility index (Phi) is 5.08. The van der Waals surface area contributed by atoms with Crippen LogP contribution in [0, 0.1) is 0 Å². The van der Waals surface area contributed by atoms with Gasteiger partial charge in [-0.1, -0.05) is 63.2 Å². The molecule has 2 aromatic carbocycles. The van der Waals surface area contributed by atoms with E-state index in [4.69, 9.17) is 4.52 Å². The van der Waals surface area contributed by atoms with Gasteiger partial charge in [-0.2, -0.15) is 0 Å². The van der Waals surface area contributed by atoms with Crippen LogP contribution in [-0.2, 0) is 10.8 Å². The van der Waals surface area contributed by atoms with Crippen molar-refractivity contribution in [2.24, 2.45) is 0 Å². The highest BCUT2D eigenvalue weighted by molar-refractivity contribution is 5.88. The fraction of sp³-hybridized carbons (Fsp3) is 0.500. The van der Waals surface area contributed by atoms with Crippen LogP contribution in [0.15, 0.2) is 47.0 Å². The Morgan fingerprint density at radius 2 is 1.69 bits per heavy atom. The fourth-order valence-corrected chi connectivity index (χ4v) is 5.65. The second-order valence-electron chi connectivity index (χ2n) is 10.5. The SMILES string of the molecule is CC1(C)c2ccc(C(O)CN3CCN(c4onc5ccccc45)CC3)cc2C(C)(C)C1O. The van der Waals surface area contributed by atoms with Crippen LogP contribution in [0.3, 0.4) is 0 Å². The molecule has 6 nitrogen and oxygen atoms in total. The zero-order chi connectivity index (χ0) is 22.7. The number of fused-ring (bicyclic) bond motifs is 2. The summed E-state index contributed by atoms with van der Waals surface area (Å²) in [7, 11) is 0. The largest absolute Gasteiger partial charge is 0.391 e. The lowest BCUT2D eigenvalue weighted by Crippen LogP contribution is -2.47. The molecule has 2 unspecified atom stereocenters. The third-order valence-corrected chi connectivity index (χ3v) is 7.64. The first kappa shape index (κ1) is 21.4. The van der Waals surface area contributed by atoms with Gasteiger partial charge >= 0.3 is 0 Å². The van der Waals surface area contributed by atoms with E-state index in [-0.39, 0.29) is 10.8 Å². The molecule has 1 aliphatic carbocycles. The monoisotopic (exact) mass is 435 g/mol. The van der Waals surface area contributed by atoms with E-state index in [1.54, 1.807) is 0 Å². The van der Waals surface area contributed by atoms with E-state index in [1.165, 1.54) is 5.56 Å².